The summed E-state index contributed by atoms with van der Waals surface area (Å²) in [5.41, 5.74) is 2.96. The summed E-state index contributed by atoms with van der Waals surface area (Å²) in [5, 5.41) is 0. The largest absolute Gasteiger partial charge is 0.373 e. The smallest absolute Gasteiger partial charge is 0.159 e. The SMILES string of the molecule is CC(=O)c1ccc(C2COCc3cncn32)cc1. The summed E-state index contributed by atoms with van der Waals surface area (Å²) in [7, 11) is 0. The lowest BCUT2D eigenvalue weighted by Crippen LogP contribution is -2.23. The normalized spacial score (nSPS) is 18.4. The molecule has 0 bridgehead atoms. The Morgan fingerprint density at radius 3 is 2.89 bits per heavy atom. The molecular weight excluding hydrogens is 228 g/mol. The van der Waals surface area contributed by atoms with E-state index in [0.29, 0.717) is 13.2 Å². The van der Waals surface area contributed by atoms with Gasteiger partial charge in [0.25, 0.3) is 0 Å². The highest BCUT2D eigenvalue weighted by Gasteiger charge is 2.21. The Bertz CT molecular complexity index is 572. The topological polar surface area (TPSA) is 44.1 Å². The molecule has 0 saturated carbocycles. The molecule has 0 saturated heterocycles. The molecule has 1 aliphatic heterocycles. The van der Waals surface area contributed by atoms with Crippen LogP contribution in [-0.4, -0.2) is 21.9 Å². The van der Waals surface area contributed by atoms with Gasteiger partial charge in [0, 0.05) is 5.56 Å². The highest BCUT2D eigenvalue weighted by atomic mass is 16.5. The maximum absolute atomic E-state index is 11.3. The number of carbonyl (C=O) groups excluding carboxylic acids is 1. The van der Waals surface area contributed by atoms with E-state index in [2.05, 4.69) is 9.55 Å². The third kappa shape index (κ3) is 1.84. The maximum Gasteiger partial charge on any atom is 0.159 e. The minimum absolute atomic E-state index is 0.0877. The van der Waals surface area contributed by atoms with Gasteiger partial charge in [-0.3, -0.25) is 4.79 Å². The predicted molar refractivity (Wildman–Crippen MR) is 66.5 cm³/mol. The van der Waals surface area contributed by atoms with Crippen molar-refractivity contribution >= 4 is 5.78 Å². The van der Waals surface area contributed by atoms with Crippen molar-refractivity contribution in [3.05, 3.63) is 53.6 Å². The van der Waals surface area contributed by atoms with Crippen LogP contribution in [0.5, 0.6) is 0 Å². The van der Waals surface area contributed by atoms with Crippen LogP contribution in [0.1, 0.15) is 34.6 Å². The minimum atomic E-state index is 0.0877. The van der Waals surface area contributed by atoms with E-state index in [4.69, 9.17) is 4.74 Å². The fourth-order valence-electron chi connectivity index (χ4n) is 2.28. The molecule has 92 valence electrons. The quantitative estimate of drug-likeness (QED) is 0.758. The van der Waals surface area contributed by atoms with Crippen LogP contribution in [-0.2, 0) is 11.3 Å². The summed E-state index contributed by atoms with van der Waals surface area (Å²) >= 11 is 0. The van der Waals surface area contributed by atoms with Gasteiger partial charge in [0.15, 0.2) is 5.78 Å². The molecular formula is C14H14N2O2. The number of benzene rings is 1. The van der Waals surface area contributed by atoms with Crippen molar-refractivity contribution in [2.45, 2.75) is 19.6 Å². The van der Waals surface area contributed by atoms with E-state index >= 15 is 0 Å². The van der Waals surface area contributed by atoms with Crippen molar-refractivity contribution in [1.82, 2.24) is 9.55 Å². The summed E-state index contributed by atoms with van der Waals surface area (Å²) < 4.78 is 7.70. The fourth-order valence-corrected chi connectivity index (χ4v) is 2.28. The summed E-state index contributed by atoms with van der Waals surface area (Å²) in [6.07, 6.45) is 3.66. The lowest BCUT2D eigenvalue weighted by Gasteiger charge is -2.26. The van der Waals surface area contributed by atoms with Gasteiger partial charge in [-0.2, -0.15) is 0 Å². The first-order valence-corrected chi connectivity index (χ1v) is 5.95. The molecule has 1 aliphatic rings. The van der Waals surface area contributed by atoms with E-state index in [1.807, 2.05) is 36.8 Å². The lowest BCUT2D eigenvalue weighted by molar-refractivity contribution is 0.0695. The molecule has 0 spiro atoms. The van der Waals surface area contributed by atoms with E-state index < -0.39 is 0 Å². The van der Waals surface area contributed by atoms with E-state index in [1.54, 1.807) is 6.92 Å². The first-order valence-electron chi connectivity index (χ1n) is 5.95. The highest BCUT2D eigenvalue weighted by Crippen LogP contribution is 2.25. The lowest BCUT2D eigenvalue weighted by atomic mass is 10.0. The van der Waals surface area contributed by atoms with Gasteiger partial charge in [-0.15, -0.1) is 0 Å². The molecule has 0 aliphatic carbocycles. The zero-order valence-electron chi connectivity index (χ0n) is 10.2. The van der Waals surface area contributed by atoms with Gasteiger partial charge in [-0.1, -0.05) is 24.3 Å². The summed E-state index contributed by atoms with van der Waals surface area (Å²) in [5.74, 6) is 0.0877. The third-order valence-electron chi connectivity index (χ3n) is 3.31. The van der Waals surface area contributed by atoms with Crippen LogP contribution in [0.2, 0.25) is 0 Å². The van der Waals surface area contributed by atoms with Crippen LogP contribution in [0.3, 0.4) is 0 Å². The average Bonchev–Trinajstić information content (AvgIpc) is 2.87. The Hall–Kier alpha value is -1.94. The summed E-state index contributed by atoms with van der Waals surface area (Å²) in [6.45, 7) is 2.83. The van der Waals surface area contributed by atoms with Crippen LogP contribution in [0, 0.1) is 0 Å². The number of Topliss-reactive ketones (excluding diaryl/α,β-unsaturated/α-hetero) is 1. The molecule has 0 amide bonds. The minimum Gasteiger partial charge on any atom is -0.373 e. The van der Waals surface area contributed by atoms with Crippen molar-refractivity contribution in [3.63, 3.8) is 0 Å². The molecule has 18 heavy (non-hydrogen) atoms. The maximum atomic E-state index is 11.3. The van der Waals surface area contributed by atoms with E-state index in [-0.39, 0.29) is 11.8 Å². The number of rotatable bonds is 2. The molecule has 2 heterocycles. The van der Waals surface area contributed by atoms with Crippen LogP contribution in [0.15, 0.2) is 36.8 Å². The first-order chi connectivity index (χ1) is 8.75. The second kappa shape index (κ2) is 4.38. The number of imidazole rings is 1. The number of fused-ring (bicyclic) bond motifs is 1. The van der Waals surface area contributed by atoms with Crippen molar-refractivity contribution < 1.29 is 9.53 Å². The number of nitrogens with zero attached hydrogens (tertiary/aromatic N) is 2. The van der Waals surface area contributed by atoms with E-state index in [1.165, 1.54) is 0 Å². The third-order valence-corrected chi connectivity index (χ3v) is 3.31. The Morgan fingerprint density at radius 2 is 2.17 bits per heavy atom. The number of carbonyl (C=O) groups is 1. The van der Waals surface area contributed by atoms with Gasteiger partial charge in [0.2, 0.25) is 0 Å². The van der Waals surface area contributed by atoms with Crippen molar-refractivity contribution in [2.75, 3.05) is 6.61 Å². The number of aromatic nitrogens is 2. The van der Waals surface area contributed by atoms with Gasteiger partial charge in [0.1, 0.15) is 0 Å². The molecule has 0 fully saturated rings. The molecule has 4 nitrogen and oxygen atoms in total. The molecule has 2 aromatic rings. The number of ketones is 1. The Morgan fingerprint density at radius 1 is 1.39 bits per heavy atom. The highest BCUT2D eigenvalue weighted by molar-refractivity contribution is 5.94. The second-order valence-corrected chi connectivity index (χ2v) is 4.50. The number of hydrogen-bond acceptors (Lipinski definition) is 3. The van der Waals surface area contributed by atoms with Crippen LogP contribution in [0.25, 0.3) is 0 Å². The van der Waals surface area contributed by atoms with Gasteiger partial charge >= 0.3 is 0 Å². The Balaban J connectivity index is 1.95. The molecule has 4 heteroatoms. The van der Waals surface area contributed by atoms with Crippen molar-refractivity contribution in [3.8, 4) is 0 Å². The van der Waals surface area contributed by atoms with Gasteiger partial charge in [0.05, 0.1) is 37.5 Å². The molecule has 3 rings (SSSR count). The molecule has 1 aromatic carbocycles. The molecule has 1 atom stereocenters. The van der Waals surface area contributed by atoms with Crippen LogP contribution < -0.4 is 0 Å². The second-order valence-electron chi connectivity index (χ2n) is 4.50. The molecule has 1 aromatic heterocycles. The van der Waals surface area contributed by atoms with Crippen LogP contribution >= 0.6 is 0 Å². The summed E-state index contributed by atoms with van der Waals surface area (Å²) in [4.78, 5) is 15.4. The van der Waals surface area contributed by atoms with Gasteiger partial charge in [-0.05, 0) is 12.5 Å². The number of ether oxygens (including phenoxy) is 1. The average molecular weight is 242 g/mol. The standard InChI is InChI=1S/C14H14N2O2/c1-10(17)11-2-4-12(5-3-11)14-8-18-7-13-6-15-9-16(13)14/h2-6,9,14H,7-8H2,1H3. The van der Waals surface area contributed by atoms with Crippen molar-refractivity contribution in [1.29, 1.82) is 0 Å². The van der Waals surface area contributed by atoms with E-state index in [9.17, 15) is 4.79 Å². The van der Waals surface area contributed by atoms with Gasteiger partial charge < -0.3 is 9.30 Å². The van der Waals surface area contributed by atoms with E-state index in [0.717, 1.165) is 16.8 Å². The predicted octanol–water partition coefficient (Wildman–Crippen LogP) is 2.21. The molecule has 1 unspecified atom stereocenters. The Kier molecular flexibility index (Phi) is 2.72. The zero-order chi connectivity index (χ0) is 12.5. The first kappa shape index (κ1) is 11.2. The molecule has 0 radical (unpaired) electrons. The van der Waals surface area contributed by atoms with Gasteiger partial charge in [-0.25, -0.2) is 4.98 Å². The monoisotopic (exact) mass is 242 g/mol. The van der Waals surface area contributed by atoms with Crippen molar-refractivity contribution in [2.24, 2.45) is 0 Å². The zero-order valence-corrected chi connectivity index (χ0v) is 10.2. The molecule has 0 N–H and O–H groups in total. The number of hydrogen-bond donors (Lipinski definition) is 0. The van der Waals surface area contributed by atoms with Crippen LogP contribution in [0.4, 0.5) is 0 Å². The Labute approximate surface area is 105 Å². The summed E-state index contributed by atoms with van der Waals surface area (Å²) in [6, 6.07) is 7.85. The fraction of sp³-hybridized carbons (Fsp3) is 0.286.